The number of hydrogen-bond acceptors (Lipinski definition) is 15. The number of phosphoric acid groups is 2. The molecule has 0 aliphatic rings. The van der Waals surface area contributed by atoms with Crippen LogP contribution in [0.5, 0.6) is 0 Å². The molecule has 0 aromatic carbocycles. The van der Waals surface area contributed by atoms with E-state index in [2.05, 4.69) is 137 Å². The molecule has 0 aliphatic carbocycles. The van der Waals surface area contributed by atoms with E-state index in [9.17, 15) is 43.2 Å². The minimum atomic E-state index is -5.01. The molecule has 3 N–H and O–H groups in total. The molecule has 96 heavy (non-hydrogen) atoms. The van der Waals surface area contributed by atoms with Gasteiger partial charge in [0.2, 0.25) is 0 Å². The van der Waals surface area contributed by atoms with Crippen LogP contribution in [0, 0.1) is 0 Å². The molecule has 0 rings (SSSR count). The maximum atomic E-state index is 13.0. The first kappa shape index (κ1) is 90.7. The monoisotopic (exact) mass is 1380 g/mol. The van der Waals surface area contributed by atoms with Gasteiger partial charge >= 0.3 is 39.5 Å². The van der Waals surface area contributed by atoms with Crippen LogP contribution in [0.25, 0.3) is 0 Å². The highest BCUT2D eigenvalue weighted by molar-refractivity contribution is 7.47. The van der Waals surface area contributed by atoms with E-state index in [1.165, 1.54) is 25.7 Å². The Hall–Kier alpha value is -5.32. The molecular formula is C77H124O17P2. The van der Waals surface area contributed by atoms with E-state index in [4.69, 9.17) is 37.0 Å². The van der Waals surface area contributed by atoms with Crippen molar-refractivity contribution in [1.82, 2.24) is 0 Å². The Balaban J connectivity index is 5.50. The van der Waals surface area contributed by atoms with Crippen LogP contribution in [0.1, 0.15) is 246 Å². The summed E-state index contributed by atoms with van der Waals surface area (Å²) in [5.74, 6) is -2.52. The Bertz CT molecular complexity index is 2450. The number of rotatable bonds is 65. The van der Waals surface area contributed by atoms with Crippen LogP contribution in [-0.4, -0.2) is 96.7 Å². The number of ether oxygens (including phenoxy) is 4. The smallest absolute Gasteiger partial charge is 0.461 e. The second-order valence-electron chi connectivity index (χ2n) is 23.1. The summed E-state index contributed by atoms with van der Waals surface area (Å²) >= 11 is 0. The van der Waals surface area contributed by atoms with Crippen molar-refractivity contribution >= 4 is 39.5 Å². The van der Waals surface area contributed by atoms with Gasteiger partial charge < -0.3 is 33.8 Å². The van der Waals surface area contributed by atoms with Crippen molar-refractivity contribution in [2.75, 3.05) is 39.6 Å². The molecule has 5 atom stereocenters. The summed E-state index contributed by atoms with van der Waals surface area (Å²) < 4.78 is 68.0. The molecule has 0 saturated heterocycles. The first-order valence-corrected chi connectivity index (χ1v) is 38.7. The summed E-state index contributed by atoms with van der Waals surface area (Å²) in [5.41, 5.74) is 0. The zero-order chi connectivity index (χ0) is 70.4. The number of phosphoric ester groups is 2. The van der Waals surface area contributed by atoms with Gasteiger partial charge in [0.05, 0.1) is 39.3 Å². The van der Waals surface area contributed by atoms with Crippen LogP contribution in [0.4, 0.5) is 0 Å². The molecule has 0 aliphatic heterocycles. The minimum Gasteiger partial charge on any atom is -0.461 e. The number of allylic oxidation sites excluding steroid dienone is 24. The fourth-order valence-corrected chi connectivity index (χ4v) is 10.2. The van der Waals surface area contributed by atoms with Gasteiger partial charge in [-0.05, 0) is 128 Å². The molecule has 544 valence electrons. The highest BCUT2D eigenvalue weighted by Gasteiger charge is 2.30. The third kappa shape index (κ3) is 67.3. The summed E-state index contributed by atoms with van der Waals surface area (Å²) in [6.07, 6.45) is 77.5. The lowest BCUT2D eigenvalue weighted by Crippen LogP contribution is -2.30. The molecule has 5 unspecified atom stereocenters. The van der Waals surface area contributed by atoms with Crippen LogP contribution in [0.3, 0.4) is 0 Å². The fraction of sp³-hybridized carbons (Fsp3) is 0.610. The number of esters is 4. The van der Waals surface area contributed by atoms with E-state index in [0.717, 1.165) is 141 Å². The Kier molecular flexibility index (Phi) is 64.4. The largest absolute Gasteiger partial charge is 0.472 e. The zero-order valence-electron chi connectivity index (χ0n) is 59.0. The van der Waals surface area contributed by atoms with Gasteiger partial charge in [0.15, 0.2) is 12.2 Å². The fourth-order valence-electron chi connectivity index (χ4n) is 8.61. The van der Waals surface area contributed by atoms with Gasteiger partial charge in [-0.1, -0.05) is 250 Å². The molecule has 17 nitrogen and oxygen atoms in total. The number of carbonyl (C=O) groups is 4. The van der Waals surface area contributed by atoms with Crippen LogP contribution >= 0.6 is 15.6 Å². The van der Waals surface area contributed by atoms with Gasteiger partial charge in [-0.15, -0.1) is 0 Å². The molecule has 0 saturated carbocycles. The molecule has 0 bridgehead atoms. The van der Waals surface area contributed by atoms with Crippen molar-refractivity contribution in [3.63, 3.8) is 0 Å². The van der Waals surface area contributed by atoms with Crippen molar-refractivity contribution in [3.8, 4) is 0 Å². The number of unbranched alkanes of at least 4 members (excludes halogenated alkanes) is 15. The lowest BCUT2D eigenvalue weighted by Gasteiger charge is -2.21. The van der Waals surface area contributed by atoms with Crippen LogP contribution in [0.15, 0.2) is 158 Å². The van der Waals surface area contributed by atoms with Gasteiger partial charge in [-0.3, -0.25) is 37.3 Å². The second-order valence-corrected chi connectivity index (χ2v) is 26.0. The van der Waals surface area contributed by atoms with E-state index < -0.39 is 97.5 Å². The Morgan fingerprint density at radius 1 is 0.312 bits per heavy atom. The third-order valence-corrected chi connectivity index (χ3v) is 15.9. The maximum absolute atomic E-state index is 13.0. The molecule has 0 fully saturated rings. The Morgan fingerprint density at radius 3 is 0.927 bits per heavy atom. The lowest BCUT2D eigenvalue weighted by molar-refractivity contribution is -0.161. The summed E-state index contributed by atoms with van der Waals surface area (Å²) in [4.78, 5) is 72.5. The summed E-state index contributed by atoms with van der Waals surface area (Å²) in [7, 11) is -10.0. The number of carbonyl (C=O) groups excluding carboxylic acids is 4. The predicted octanol–water partition coefficient (Wildman–Crippen LogP) is 20.1. The lowest BCUT2D eigenvalue weighted by atomic mass is 10.1. The van der Waals surface area contributed by atoms with E-state index >= 15 is 0 Å². The van der Waals surface area contributed by atoms with Crippen LogP contribution in [-0.2, 0) is 65.4 Å². The standard InChI is InChI=1S/C77H124O17P2/c1-5-9-13-17-21-25-29-32-35-38-42-45-49-53-57-61-74(79)87-67-72(93-76(81)63-59-55-51-47-41-28-24-20-16-12-8-4)69-91-95(83,84)89-65-71(78)66-90-96(85,86)92-70-73(94-77(82)64-60-56-52-48-44-40-37-34-31-27-23-19-15-11-7-3)68-88-75(80)62-58-54-50-46-43-39-36-33-30-26-22-18-14-10-6-2/h9-10,13-14,20-27,32-37,42-43,45-46,53-54,57-58,71-73,78H,5-8,11-12,15-19,28-31,38-41,44,47-52,55-56,59-70H2,1-4H3,(H,83,84)(H,85,86)/b13-9-,14-10-,24-20-,25-21-,26-22-,27-23-,35-32-,36-33-,37-34-,45-42-,46-43-,57-53-,58-54-. The molecule has 0 amide bonds. The predicted molar refractivity (Wildman–Crippen MR) is 390 cm³/mol. The van der Waals surface area contributed by atoms with Gasteiger partial charge in [-0.2, -0.15) is 0 Å². The molecule has 0 aromatic heterocycles. The Labute approximate surface area is 579 Å². The van der Waals surface area contributed by atoms with Crippen molar-refractivity contribution < 1.29 is 80.2 Å². The SMILES string of the molecule is CC/C=C\C/C=C\C/C=C\C/C=C\C/C=C\CC(=O)OCC(COP(=O)(O)OCC(O)COP(=O)(O)OCC(COC(=O)C/C=C\C/C=C\C/C=C\C/C=C\C/C=C\CC)OC(=O)CCCCCCC/C=C\CCCC)OC(=O)CCCCCCC/C=C\C/C=C\CCCCC. The highest BCUT2D eigenvalue weighted by atomic mass is 31.2. The summed E-state index contributed by atoms with van der Waals surface area (Å²) in [6, 6.07) is 0. The van der Waals surface area contributed by atoms with Crippen molar-refractivity contribution in [2.24, 2.45) is 0 Å². The first-order chi connectivity index (χ1) is 46.7. The average Bonchev–Trinajstić information content (AvgIpc) is 1.09. The van der Waals surface area contributed by atoms with E-state index in [0.29, 0.717) is 25.7 Å². The highest BCUT2D eigenvalue weighted by Crippen LogP contribution is 2.45. The van der Waals surface area contributed by atoms with Gasteiger partial charge in [0, 0.05) is 12.8 Å². The molecule has 19 heteroatoms. The topological polar surface area (TPSA) is 237 Å². The van der Waals surface area contributed by atoms with E-state index in [1.54, 1.807) is 12.2 Å². The van der Waals surface area contributed by atoms with E-state index in [-0.39, 0.29) is 25.7 Å². The second kappa shape index (κ2) is 68.2. The molecule has 0 heterocycles. The minimum absolute atomic E-state index is 0.0522. The zero-order valence-corrected chi connectivity index (χ0v) is 60.8. The number of aliphatic hydroxyl groups is 1. The summed E-state index contributed by atoms with van der Waals surface area (Å²) in [5, 5.41) is 10.6. The van der Waals surface area contributed by atoms with Gasteiger partial charge in [0.1, 0.15) is 19.3 Å². The first-order valence-electron chi connectivity index (χ1n) is 35.7. The number of aliphatic hydroxyl groups excluding tert-OH is 1. The normalized spacial score (nSPS) is 14.9. The Morgan fingerprint density at radius 2 is 0.583 bits per heavy atom. The number of hydrogen-bond donors (Lipinski definition) is 3. The van der Waals surface area contributed by atoms with Gasteiger partial charge in [0.25, 0.3) is 0 Å². The molecule has 0 aromatic rings. The van der Waals surface area contributed by atoms with Crippen LogP contribution < -0.4 is 0 Å². The van der Waals surface area contributed by atoms with Crippen molar-refractivity contribution in [3.05, 3.63) is 158 Å². The molecule has 0 spiro atoms. The van der Waals surface area contributed by atoms with Crippen LogP contribution in [0.2, 0.25) is 0 Å². The average molecular weight is 1380 g/mol. The van der Waals surface area contributed by atoms with Crippen molar-refractivity contribution in [1.29, 1.82) is 0 Å². The maximum Gasteiger partial charge on any atom is 0.472 e. The molecular weight excluding hydrogens is 1260 g/mol. The molecule has 0 radical (unpaired) electrons. The summed E-state index contributed by atoms with van der Waals surface area (Å²) in [6.45, 7) is 4.27. The quantitative estimate of drug-likeness (QED) is 0.0169. The third-order valence-electron chi connectivity index (χ3n) is 14.0. The van der Waals surface area contributed by atoms with E-state index in [1.807, 2.05) is 36.5 Å². The van der Waals surface area contributed by atoms with Gasteiger partial charge in [-0.25, -0.2) is 9.13 Å². The van der Waals surface area contributed by atoms with Crippen molar-refractivity contribution in [2.45, 2.75) is 264 Å².